The van der Waals surface area contributed by atoms with Crippen molar-refractivity contribution < 1.29 is 38.8 Å². The molecule has 0 radical (unpaired) electrons. The molecule has 9 nitrogen and oxygen atoms in total. The smallest absolute Gasteiger partial charge is 0.303 e. The number of methoxy groups -OCH3 is 3. The highest BCUT2D eigenvalue weighted by Crippen LogP contribution is 2.42. The van der Waals surface area contributed by atoms with Crippen molar-refractivity contribution in [3.05, 3.63) is 59.2 Å². The molecule has 2 N–H and O–H groups in total. The van der Waals surface area contributed by atoms with Crippen LogP contribution in [0.4, 0.5) is 0 Å². The van der Waals surface area contributed by atoms with Crippen molar-refractivity contribution in [2.45, 2.75) is 18.9 Å². The highest BCUT2D eigenvalue weighted by molar-refractivity contribution is 6.46. The molecule has 1 unspecified atom stereocenters. The summed E-state index contributed by atoms with van der Waals surface area (Å²) in [6.07, 6.45) is -0.0190. The molecule has 1 aliphatic rings. The SMILES string of the molecule is COc1ccc(C(O)=C2C(=O)C(=O)N(CCCC(=O)O)C2c2ccc(OC)c(OC)c2)cc1. The van der Waals surface area contributed by atoms with E-state index in [9.17, 15) is 19.5 Å². The third-order valence-electron chi connectivity index (χ3n) is 5.42. The quantitative estimate of drug-likeness (QED) is 0.336. The molecule has 0 saturated carbocycles. The van der Waals surface area contributed by atoms with Crippen LogP contribution < -0.4 is 14.2 Å². The number of carbonyl (C=O) groups excluding carboxylic acids is 2. The Morgan fingerprint density at radius 1 is 0.939 bits per heavy atom. The van der Waals surface area contributed by atoms with Gasteiger partial charge in [0.1, 0.15) is 11.5 Å². The predicted octanol–water partition coefficient (Wildman–Crippen LogP) is 3.00. The second-order valence-corrected chi connectivity index (χ2v) is 7.33. The van der Waals surface area contributed by atoms with Crippen LogP contribution in [0, 0.1) is 0 Å². The number of hydrogen-bond acceptors (Lipinski definition) is 7. The molecule has 0 bridgehead atoms. The van der Waals surface area contributed by atoms with Gasteiger partial charge >= 0.3 is 5.97 Å². The average Bonchev–Trinajstić information content (AvgIpc) is 3.08. The number of benzene rings is 2. The molecule has 1 aliphatic heterocycles. The zero-order valence-electron chi connectivity index (χ0n) is 18.5. The Balaban J connectivity index is 2.13. The second-order valence-electron chi connectivity index (χ2n) is 7.33. The summed E-state index contributed by atoms with van der Waals surface area (Å²) in [6, 6.07) is 10.4. The molecule has 1 atom stereocenters. The summed E-state index contributed by atoms with van der Waals surface area (Å²) in [5.74, 6) is -1.59. The van der Waals surface area contributed by atoms with Crippen molar-refractivity contribution in [1.29, 1.82) is 0 Å². The van der Waals surface area contributed by atoms with Gasteiger partial charge in [-0.25, -0.2) is 0 Å². The first kappa shape index (κ1) is 23.6. The third kappa shape index (κ3) is 4.77. The Hall–Kier alpha value is -4.01. The summed E-state index contributed by atoms with van der Waals surface area (Å²) in [5, 5.41) is 20.0. The molecule has 2 aromatic rings. The summed E-state index contributed by atoms with van der Waals surface area (Å²) < 4.78 is 15.8. The summed E-state index contributed by atoms with van der Waals surface area (Å²) in [4.78, 5) is 38.2. The summed E-state index contributed by atoms with van der Waals surface area (Å²) in [6.45, 7) is 0.0231. The lowest BCUT2D eigenvalue weighted by atomic mass is 9.95. The molecule has 33 heavy (non-hydrogen) atoms. The maximum atomic E-state index is 13.0. The molecule has 1 fully saturated rings. The maximum absolute atomic E-state index is 13.0. The van der Waals surface area contributed by atoms with Crippen molar-refractivity contribution in [3.8, 4) is 17.2 Å². The Morgan fingerprint density at radius 2 is 1.61 bits per heavy atom. The second kappa shape index (κ2) is 10.1. The number of amides is 1. The Bertz CT molecular complexity index is 1090. The van der Waals surface area contributed by atoms with Gasteiger partial charge in [-0.3, -0.25) is 14.4 Å². The number of aliphatic hydroxyl groups excluding tert-OH is 1. The van der Waals surface area contributed by atoms with Gasteiger partial charge in [0.15, 0.2) is 11.5 Å². The van der Waals surface area contributed by atoms with Gasteiger partial charge in [-0.15, -0.1) is 0 Å². The first-order valence-corrected chi connectivity index (χ1v) is 10.2. The van der Waals surface area contributed by atoms with Gasteiger partial charge < -0.3 is 29.3 Å². The minimum atomic E-state index is -1.01. The first-order chi connectivity index (χ1) is 15.8. The lowest BCUT2D eigenvalue weighted by Crippen LogP contribution is -2.31. The van der Waals surface area contributed by atoms with Crippen LogP contribution in [0.5, 0.6) is 17.2 Å². The minimum Gasteiger partial charge on any atom is -0.507 e. The molecule has 3 rings (SSSR count). The van der Waals surface area contributed by atoms with Gasteiger partial charge in [-0.05, 0) is 48.4 Å². The third-order valence-corrected chi connectivity index (χ3v) is 5.42. The molecular formula is C24H25NO8. The minimum absolute atomic E-state index is 0.0231. The highest BCUT2D eigenvalue weighted by Gasteiger charge is 2.46. The van der Waals surface area contributed by atoms with E-state index in [4.69, 9.17) is 19.3 Å². The van der Waals surface area contributed by atoms with Crippen LogP contribution in [-0.4, -0.2) is 60.6 Å². The van der Waals surface area contributed by atoms with E-state index in [1.165, 1.54) is 26.2 Å². The average molecular weight is 455 g/mol. The molecule has 1 saturated heterocycles. The molecule has 0 aliphatic carbocycles. The van der Waals surface area contributed by atoms with Crippen LogP contribution >= 0.6 is 0 Å². The van der Waals surface area contributed by atoms with E-state index >= 15 is 0 Å². The zero-order chi connectivity index (χ0) is 24.1. The van der Waals surface area contributed by atoms with E-state index in [2.05, 4.69) is 0 Å². The molecule has 9 heteroatoms. The monoisotopic (exact) mass is 455 g/mol. The number of carboxylic acids is 1. The fourth-order valence-electron chi connectivity index (χ4n) is 3.79. The van der Waals surface area contributed by atoms with Gasteiger partial charge in [-0.2, -0.15) is 0 Å². The van der Waals surface area contributed by atoms with E-state index in [1.807, 2.05) is 0 Å². The van der Waals surface area contributed by atoms with Crippen molar-refractivity contribution in [3.63, 3.8) is 0 Å². The van der Waals surface area contributed by atoms with E-state index in [0.717, 1.165) is 0 Å². The van der Waals surface area contributed by atoms with E-state index < -0.39 is 23.7 Å². The van der Waals surface area contributed by atoms with Gasteiger partial charge in [0.25, 0.3) is 11.7 Å². The largest absolute Gasteiger partial charge is 0.507 e. The Morgan fingerprint density at radius 3 is 2.18 bits per heavy atom. The molecule has 0 spiro atoms. The predicted molar refractivity (Wildman–Crippen MR) is 118 cm³/mol. The Kier molecular flexibility index (Phi) is 7.22. The van der Waals surface area contributed by atoms with Gasteiger partial charge in [0.05, 0.1) is 32.9 Å². The van der Waals surface area contributed by atoms with Crippen molar-refractivity contribution in [2.24, 2.45) is 0 Å². The van der Waals surface area contributed by atoms with Crippen molar-refractivity contribution in [2.75, 3.05) is 27.9 Å². The van der Waals surface area contributed by atoms with Crippen LogP contribution in [0.3, 0.4) is 0 Å². The van der Waals surface area contributed by atoms with E-state index in [1.54, 1.807) is 42.5 Å². The number of hydrogen-bond donors (Lipinski definition) is 2. The fraction of sp³-hybridized carbons (Fsp3) is 0.292. The normalized spacial score (nSPS) is 17.2. The number of aliphatic hydroxyl groups is 1. The number of rotatable bonds is 9. The molecule has 0 aromatic heterocycles. The van der Waals surface area contributed by atoms with E-state index in [-0.39, 0.29) is 30.7 Å². The van der Waals surface area contributed by atoms with Crippen LogP contribution in [0.15, 0.2) is 48.0 Å². The molecular weight excluding hydrogens is 430 g/mol. The lowest BCUT2D eigenvalue weighted by molar-refractivity contribution is -0.140. The first-order valence-electron chi connectivity index (χ1n) is 10.2. The number of likely N-dealkylation sites (tertiary alicyclic amines) is 1. The molecule has 174 valence electrons. The molecule has 1 amide bonds. The number of aliphatic carboxylic acids is 1. The van der Waals surface area contributed by atoms with Gasteiger partial charge in [0, 0.05) is 18.5 Å². The fourth-order valence-corrected chi connectivity index (χ4v) is 3.79. The van der Waals surface area contributed by atoms with Crippen molar-refractivity contribution >= 4 is 23.4 Å². The molecule has 2 aromatic carbocycles. The van der Waals surface area contributed by atoms with Gasteiger partial charge in [0.2, 0.25) is 0 Å². The maximum Gasteiger partial charge on any atom is 0.303 e. The number of carbonyl (C=O) groups is 3. The topological polar surface area (TPSA) is 123 Å². The summed E-state index contributed by atoms with van der Waals surface area (Å²) >= 11 is 0. The van der Waals surface area contributed by atoms with Crippen molar-refractivity contribution in [1.82, 2.24) is 4.90 Å². The highest BCUT2D eigenvalue weighted by atomic mass is 16.5. The standard InChI is InChI=1S/C24H25NO8/c1-31-16-9-6-14(7-10-16)22(28)20-21(15-8-11-17(32-2)18(13-15)33-3)25(24(30)23(20)29)12-4-5-19(26)27/h6-11,13,21,28H,4-5,12H2,1-3H3,(H,26,27). The number of Topliss-reactive ketones (excluding diaryl/α,β-unsaturated/α-hetero) is 1. The van der Waals surface area contributed by atoms with Crippen LogP contribution in [0.1, 0.15) is 30.0 Å². The van der Waals surface area contributed by atoms with Crippen LogP contribution in [0.25, 0.3) is 5.76 Å². The van der Waals surface area contributed by atoms with Gasteiger partial charge in [-0.1, -0.05) is 6.07 Å². The lowest BCUT2D eigenvalue weighted by Gasteiger charge is -2.25. The number of ketones is 1. The van der Waals surface area contributed by atoms with Crippen LogP contribution in [-0.2, 0) is 14.4 Å². The Labute approximate surface area is 190 Å². The number of ether oxygens (including phenoxy) is 3. The number of carboxylic acid groups (broad SMARTS) is 1. The molecule has 1 heterocycles. The van der Waals surface area contributed by atoms with E-state index in [0.29, 0.717) is 28.4 Å². The summed E-state index contributed by atoms with van der Waals surface area (Å²) in [7, 11) is 4.45. The number of nitrogens with zero attached hydrogens (tertiary/aromatic N) is 1. The summed E-state index contributed by atoms with van der Waals surface area (Å²) in [5.41, 5.74) is 0.759. The van der Waals surface area contributed by atoms with Crippen LogP contribution in [0.2, 0.25) is 0 Å². The zero-order valence-corrected chi connectivity index (χ0v) is 18.5.